The first-order chi connectivity index (χ1) is 7.22. The molecule has 0 spiro atoms. The van der Waals surface area contributed by atoms with E-state index in [1.54, 1.807) is 12.2 Å². The number of hydrogen-bond donors (Lipinski definition) is 2. The van der Waals surface area contributed by atoms with Crippen LogP contribution in [0.4, 0.5) is 0 Å². The Bertz CT molecular complexity index is 302. The first-order valence-corrected chi connectivity index (χ1v) is 4.72. The second-order valence-corrected chi connectivity index (χ2v) is 3.19. The van der Waals surface area contributed by atoms with E-state index in [2.05, 4.69) is 0 Å². The summed E-state index contributed by atoms with van der Waals surface area (Å²) in [6, 6.07) is 0. The van der Waals surface area contributed by atoms with E-state index in [-0.39, 0.29) is 18.3 Å². The van der Waals surface area contributed by atoms with Crippen molar-refractivity contribution >= 4 is 0 Å². The summed E-state index contributed by atoms with van der Waals surface area (Å²) in [4.78, 5) is 0. The van der Waals surface area contributed by atoms with E-state index in [1.807, 2.05) is 6.08 Å². The van der Waals surface area contributed by atoms with E-state index < -0.39 is 0 Å². The lowest BCUT2D eigenvalue weighted by Gasteiger charge is -2.20. The van der Waals surface area contributed by atoms with Gasteiger partial charge in [0.25, 0.3) is 0 Å². The summed E-state index contributed by atoms with van der Waals surface area (Å²) in [7, 11) is 3.00. The molecule has 0 aliphatic heterocycles. The lowest BCUT2D eigenvalue weighted by molar-refractivity contribution is 0.195. The number of hydrogen-bond acceptors (Lipinski definition) is 4. The van der Waals surface area contributed by atoms with Crippen molar-refractivity contribution in [1.82, 2.24) is 0 Å². The van der Waals surface area contributed by atoms with Gasteiger partial charge in [-0.05, 0) is 6.08 Å². The monoisotopic (exact) mass is 212 g/mol. The molecule has 1 atom stereocenters. The van der Waals surface area contributed by atoms with Crippen LogP contribution in [-0.2, 0) is 9.47 Å². The summed E-state index contributed by atoms with van der Waals surface area (Å²) in [5.41, 5.74) is 0. The predicted molar refractivity (Wildman–Crippen MR) is 56.1 cm³/mol. The lowest BCUT2D eigenvalue weighted by Crippen LogP contribution is -2.10. The number of allylic oxidation sites excluding steroid dienone is 3. The molecule has 2 N–H and O–H groups in total. The molecule has 0 aromatic carbocycles. The van der Waals surface area contributed by atoms with Gasteiger partial charge in [-0.3, -0.25) is 0 Å². The number of rotatable bonds is 4. The summed E-state index contributed by atoms with van der Waals surface area (Å²) >= 11 is 0. The van der Waals surface area contributed by atoms with Gasteiger partial charge in [0.2, 0.25) is 0 Å². The molecule has 1 rings (SSSR count). The molecule has 84 valence electrons. The minimum absolute atomic E-state index is 0.00463. The Morgan fingerprint density at radius 1 is 1.47 bits per heavy atom. The van der Waals surface area contributed by atoms with Crippen molar-refractivity contribution in [3.05, 3.63) is 35.5 Å². The molecule has 0 saturated carbocycles. The number of aliphatic hydroxyl groups excluding tert-OH is 2. The van der Waals surface area contributed by atoms with Gasteiger partial charge < -0.3 is 19.7 Å². The van der Waals surface area contributed by atoms with E-state index in [9.17, 15) is 5.11 Å². The van der Waals surface area contributed by atoms with Crippen molar-refractivity contribution < 1.29 is 19.7 Å². The Hall–Kier alpha value is -1.42. The number of methoxy groups -OCH3 is 2. The highest BCUT2D eigenvalue weighted by Gasteiger charge is 2.21. The van der Waals surface area contributed by atoms with E-state index in [0.717, 1.165) is 0 Å². The van der Waals surface area contributed by atoms with Gasteiger partial charge >= 0.3 is 0 Å². The first kappa shape index (κ1) is 11.7. The maximum atomic E-state index is 9.66. The quantitative estimate of drug-likeness (QED) is 0.693. The minimum Gasteiger partial charge on any atom is -0.502 e. The van der Waals surface area contributed by atoms with Crippen molar-refractivity contribution in [2.45, 2.75) is 6.42 Å². The van der Waals surface area contributed by atoms with Gasteiger partial charge in [-0.1, -0.05) is 12.2 Å². The van der Waals surface area contributed by atoms with Gasteiger partial charge in [-0.25, -0.2) is 0 Å². The summed E-state index contributed by atoms with van der Waals surface area (Å²) < 4.78 is 10.1. The van der Waals surface area contributed by atoms with Crippen LogP contribution in [0.2, 0.25) is 0 Å². The molecule has 1 aliphatic carbocycles. The fourth-order valence-corrected chi connectivity index (χ4v) is 1.48. The maximum absolute atomic E-state index is 9.66. The first-order valence-electron chi connectivity index (χ1n) is 4.72. The Morgan fingerprint density at radius 3 is 2.73 bits per heavy atom. The van der Waals surface area contributed by atoms with Crippen molar-refractivity contribution in [2.24, 2.45) is 5.92 Å². The van der Waals surface area contributed by atoms with Crippen LogP contribution in [0.25, 0.3) is 0 Å². The molecule has 0 aromatic rings. The molecule has 4 nitrogen and oxygen atoms in total. The van der Waals surface area contributed by atoms with Gasteiger partial charge in [0.1, 0.15) is 5.76 Å². The van der Waals surface area contributed by atoms with Crippen LogP contribution in [0.15, 0.2) is 35.5 Å². The molecule has 0 bridgehead atoms. The third kappa shape index (κ3) is 2.76. The summed E-state index contributed by atoms with van der Waals surface area (Å²) in [6.45, 7) is 0.00463. The average molecular weight is 212 g/mol. The molecule has 0 heterocycles. The topological polar surface area (TPSA) is 58.9 Å². The third-order valence-corrected chi connectivity index (χ3v) is 2.24. The van der Waals surface area contributed by atoms with E-state index >= 15 is 0 Å². The Labute approximate surface area is 89.1 Å². The van der Waals surface area contributed by atoms with Crippen molar-refractivity contribution in [1.29, 1.82) is 0 Å². The fourth-order valence-electron chi connectivity index (χ4n) is 1.48. The lowest BCUT2D eigenvalue weighted by atomic mass is 9.97. The van der Waals surface area contributed by atoms with Crippen LogP contribution in [0.5, 0.6) is 0 Å². The standard InChI is InChI=1S/C11H16O4/c1-14-9-6-8(4-3-5-12)7-10(15-2)11(9)13/h3-4,6,8,12-13H,5,7H2,1-2H3/b4-3+. The van der Waals surface area contributed by atoms with E-state index in [4.69, 9.17) is 14.6 Å². The summed E-state index contributed by atoms with van der Waals surface area (Å²) in [5, 5.41) is 18.3. The van der Waals surface area contributed by atoms with E-state index in [1.165, 1.54) is 14.2 Å². The van der Waals surface area contributed by atoms with Crippen molar-refractivity contribution in [2.75, 3.05) is 20.8 Å². The van der Waals surface area contributed by atoms with Gasteiger partial charge in [0, 0.05) is 12.3 Å². The van der Waals surface area contributed by atoms with Crippen LogP contribution < -0.4 is 0 Å². The van der Waals surface area contributed by atoms with Crippen LogP contribution in [-0.4, -0.2) is 31.0 Å². The predicted octanol–water partition coefficient (Wildman–Crippen LogP) is 1.50. The second kappa shape index (κ2) is 5.46. The van der Waals surface area contributed by atoms with Gasteiger partial charge in [0.15, 0.2) is 11.5 Å². The van der Waals surface area contributed by atoms with Crippen LogP contribution in [0, 0.1) is 5.92 Å². The largest absolute Gasteiger partial charge is 0.502 e. The van der Waals surface area contributed by atoms with Crippen molar-refractivity contribution in [3.63, 3.8) is 0 Å². The van der Waals surface area contributed by atoms with Gasteiger partial charge in [-0.2, -0.15) is 0 Å². The molecule has 0 amide bonds. The maximum Gasteiger partial charge on any atom is 0.196 e. The molecule has 0 saturated heterocycles. The Kier molecular flexibility index (Phi) is 4.24. The molecule has 0 radical (unpaired) electrons. The SMILES string of the molecule is COC1=CC(/C=C/CO)CC(OC)=C1O. The van der Waals surface area contributed by atoms with Gasteiger partial charge in [-0.15, -0.1) is 0 Å². The molecular weight excluding hydrogens is 196 g/mol. The molecule has 1 unspecified atom stereocenters. The third-order valence-electron chi connectivity index (χ3n) is 2.24. The molecule has 1 aliphatic rings. The molecule has 4 heteroatoms. The number of ether oxygens (including phenoxy) is 2. The second-order valence-electron chi connectivity index (χ2n) is 3.19. The Balaban J connectivity index is 2.85. The van der Waals surface area contributed by atoms with Crippen LogP contribution in [0.1, 0.15) is 6.42 Å². The highest BCUT2D eigenvalue weighted by Crippen LogP contribution is 2.28. The molecule has 15 heavy (non-hydrogen) atoms. The van der Waals surface area contributed by atoms with Gasteiger partial charge in [0.05, 0.1) is 20.8 Å². The molecule has 0 fully saturated rings. The summed E-state index contributed by atoms with van der Waals surface area (Å²) in [5.74, 6) is 1.04. The fraction of sp³-hybridized carbons (Fsp3) is 0.455. The molecule has 0 aromatic heterocycles. The van der Waals surface area contributed by atoms with Crippen molar-refractivity contribution in [3.8, 4) is 0 Å². The normalized spacial score (nSPS) is 21.8. The average Bonchev–Trinajstić information content (AvgIpc) is 2.27. The highest BCUT2D eigenvalue weighted by atomic mass is 16.5. The zero-order valence-corrected chi connectivity index (χ0v) is 8.93. The minimum atomic E-state index is 0.00463. The zero-order valence-electron chi connectivity index (χ0n) is 8.93. The molecular formula is C11H16O4. The van der Waals surface area contributed by atoms with Crippen LogP contribution >= 0.6 is 0 Å². The smallest absolute Gasteiger partial charge is 0.196 e. The zero-order chi connectivity index (χ0) is 11.3. The highest BCUT2D eigenvalue weighted by molar-refractivity contribution is 5.29. The Morgan fingerprint density at radius 2 is 2.20 bits per heavy atom. The number of aliphatic hydroxyl groups is 2. The summed E-state index contributed by atoms with van der Waals surface area (Å²) in [6.07, 6.45) is 5.88. The van der Waals surface area contributed by atoms with Crippen LogP contribution in [0.3, 0.4) is 0 Å². The van der Waals surface area contributed by atoms with E-state index in [0.29, 0.717) is 17.9 Å².